The molecule has 88 valence electrons. The largest absolute Gasteiger partial charge is 0.507 e. The van der Waals surface area contributed by atoms with E-state index >= 15 is 0 Å². The van der Waals surface area contributed by atoms with Gasteiger partial charge in [0.15, 0.2) is 0 Å². The maximum atomic E-state index is 11.8. The van der Waals surface area contributed by atoms with Gasteiger partial charge in [-0.05, 0) is 25.0 Å². The first kappa shape index (κ1) is 12.6. The number of hydrogen-bond donors (Lipinski definition) is 2. The van der Waals surface area contributed by atoms with Gasteiger partial charge < -0.3 is 10.4 Å². The number of benzene rings is 1. The molecular weight excluding hydrogens is 202 g/mol. The fourth-order valence-electron chi connectivity index (χ4n) is 1.66. The van der Waals surface area contributed by atoms with Crippen LogP contribution in [-0.4, -0.2) is 17.1 Å². The van der Waals surface area contributed by atoms with Crippen molar-refractivity contribution in [3.63, 3.8) is 0 Å². The molecule has 0 fully saturated rings. The molecule has 1 unspecified atom stereocenters. The number of rotatable bonds is 5. The summed E-state index contributed by atoms with van der Waals surface area (Å²) in [5.74, 6) is -0.162. The van der Waals surface area contributed by atoms with Crippen molar-refractivity contribution in [2.45, 2.75) is 39.2 Å². The first-order chi connectivity index (χ1) is 7.69. The van der Waals surface area contributed by atoms with Crippen molar-refractivity contribution in [1.82, 2.24) is 5.32 Å². The van der Waals surface area contributed by atoms with Gasteiger partial charge in [0.05, 0.1) is 5.56 Å². The summed E-state index contributed by atoms with van der Waals surface area (Å²) < 4.78 is 0. The quantitative estimate of drug-likeness (QED) is 0.803. The molecule has 0 radical (unpaired) electrons. The lowest BCUT2D eigenvalue weighted by molar-refractivity contribution is 0.0931. The Morgan fingerprint density at radius 2 is 2.06 bits per heavy atom. The van der Waals surface area contributed by atoms with Crippen LogP contribution in [0.3, 0.4) is 0 Å². The number of amides is 1. The number of carbonyl (C=O) groups is 1. The Morgan fingerprint density at radius 1 is 1.38 bits per heavy atom. The molecular formula is C13H19NO2. The van der Waals surface area contributed by atoms with Crippen LogP contribution in [0.4, 0.5) is 0 Å². The molecule has 0 aliphatic heterocycles. The molecule has 1 aromatic rings. The van der Waals surface area contributed by atoms with E-state index in [1.54, 1.807) is 18.2 Å². The highest BCUT2D eigenvalue weighted by atomic mass is 16.3. The Labute approximate surface area is 96.5 Å². The summed E-state index contributed by atoms with van der Waals surface area (Å²) in [7, 11) is 0. The van der Waals surface area contributed by atoms with Crippen LogP contribution in [0.15, 0.2) is 24.3 Å². The summed E-state index contributed by atoms with van der Waals surface area (Å²) in [6.45, 7) is 4.14. The number of para-hydroxylation sites is 1. The SMILES string of the molecule is CCCC(CC)NC(=O)c1ccccc1O. The number of aromatic hydroxyl groups is 1. The Morgan fingerprint density at radius 3 is 2.62 bits per heavy atom. The zero-order valence-electron chi connectivity index (χ0n) is 9.86. The maximum absolute atomic E-state index is 11.8. The normalized spacial score (nSPS) is 12.1. The summed E-state index contributed by atoms with van der Waals surface area (Å²) >= 11 is 0. The monoisotopic (exact) mass is 221 g/mol. The molecule has 0 aliphatic carbocycles. The molecule has 1 amide bonds. The van der Waals surface area contributed by atoms with Crippen LogP contribution in [0.2, 0.25) is 0 Å². The topological polar surface area (TPSA) is 49.3 Å². The van der Waals surface area contributed by atoms with Gasteiger partial charge in [-0.3, -0.25) is 4.79 Å². The molecule has 0 saturated carbocycles. The zero-order valence-corrected chi connectivity index (χ0v) is 9.86. The number of hydrogen-bond acceptors (Lipinski definition) is 2. The number of phenolic OH excluding ortho intramolecular Hbond substituents is 1. The molecule has 0 aliphatic rings. The van der Waals surface area contributed by atoms with Gasteiger partial charge in [-0.1, -0.05) is 32.4 Å². The third-order valence-corrected chi connectivity index (χ3v) is 2.61. The summed E-state index contributed by atoms with van der Waals surface area (Å²) in [6.07, 6.45) is 2.92. The predicted molar refractivity (Wildman–Crippen MR) is 64.6 cm³/mol. The van der Waals surface area contributed by atoms with Crippen LogP contribution in [0, 0.1) is 0 Å². The molecule has 3 nitrogen and oxygen atoms in total. The Bertz CT molecular complexity index is 350. The van der Waals surface area contributed by atoms with Crippen LogP contribution in [0.25, 0.3) is 0 Å². The van der Waals surface area contributed by atoms with Crippen molar-refractivity contribution in [1.29, 1.82) is 0 Å². The second kappa shape index (κ2) is 6.16. The van der Waals surface area contributed by atoms with Gasteiger partial charge in [0.25, 0.3) is 5.91 Å². The highest BCUT2D eigenvalue weighted by molar-refractivity contribution is 5.96. The van der Waals surface area contributed by atoms with Crippen molar-refractivity contribution >= 4 is 5.91 Å². The van der Waals surface area contributed by atoms with Gasteiger partial charge in [-0.2, -0.15) is 0 Å². The lowest BCUT2D eigenvalue weighted by atomic mass is 10.1. The minimum absolute atomic E-state index is 0.0337. The summed E-state index contributed by atoms with van der Waals surface area (Å²) in [5.41, 5.74) is 0.344. The molecule has 0 heterocycles. The van der Waals surface area contributed by atoms with Gasteiger partial charge in [0, 0.05) is 6.04 Å². The van der Waals surface area contributed by atoms with E-state index in [-0.39, 0.29) is 17.7 Å². The second-order valence-electron chi connectivity index (χ2n) is 3.88. The smallest absolute Gasteiger partial charge is 0.255 e. The predicted octanol–water partition coefficient (Wildman–Crippen LogP) is 2.70. The second-order valence-corrected chi connectivity index (χ2v) is 3.88. The number of carbonyl (C=O) groups excluding carboxylic acids is 1. The van der Waals surface area contributed by atoms with Gasteiger partial charge in [0.1, 0.15) is 5.75 Å². The first-order valence-electron chi connectivity index (χ1n) is 5.77. The lowest BCUT2D eigenvalue weighted by Gasteiger charge is -2.16. The van der Waals surface area contributed by atoms with Crippen molar-refractivity contribution in [2.75, 3.05) is 0 Å². The van der Waals surface area contributed by atoms with E-state index in [1.807, 2.05) is 6.92 Å². The third-order valence-electron chi connectivity index (χ3n) is 2.61. The average Bonchev–Trinajstić information content (AvgIpc) is 2.28. The van der Waals surface area contributed by atoms with Gasteiger partial charge in [0.2, 0.25) is 0 Å². The average molecular weight is 221 g/mol. The molecule has 0 spiro atoms. The first-order valence-corrected chi connectivity index (χ1v) is 5.77. The fraction of sp³-hybridized carbons (Fsp3) is 0.462. The molecule has 0 saturated heterocycles. The van der Waals surface area contributed by atoms with Crippen LogP contribution >= 0.6 is 0 Å². The Hall–Kier alpha value is -1.51. The molecule has 1 aromatic carbocycles. The molecule has 0 bridgehead atoms. The number of nitrogens with one attached hydrogen (secondary N) is 1. The lowest BCUT2D eigenvalue weighted by Crippen LogP contribution is -2.34. The van der Waals surface area contributed by atoms with Crippen molar-refractivity contribution < 1.29 is 9.90 Å². The maximum Gasteiger partial charge on any atom is 0.255 e. The molecule has 0 aromatic heterocycles. The van der Waals surface area contributed by atoms with Crippen molar-refractivity contribution in [3.05, 3.63) is 29.8 Å². The van der Waals surface area contributed by atoms with Crippen molar-refractivity contribution in [3.8, 4) is 5.75 Å². The number of phenols is 1. The van der Waals surface area contributed by atoms with E-state index in [0.717, 1.165) is 19.3 Å². The van der Waals surface area contributed by atoms with E-state index in [1.165, 1.54) is 6.07 Å². The van der Waals surface area contributed by atoms with Gasteiger partial charge in [-0.15, -0.1) is 0 Å². The van der Waals surface area contributed by atoms with E-state index in [9.17, 15) is 9.90 Å². The van der Waals surface area contributed by atoms with E-state index in [4.69, 9.17) is 0 Å². The standard InChI is InChI=1S/C13H19NO2/c1-3-7-10(4-2)14-13(16)11-8-5-6-9-12(11)15/h5-6,8-10,15H,3-4,7H2,1-2H3,(H,14,16). The minimum atomic E-state index is -0.196. The molecule has 3 heteroatoms. The summed E-state index contributed by atoms with van der Waals surface area (Å²) in [5, 5.41) is 12.5. The molecule has 2 N–H and O–H groups in total. The highest BCUT2D eigenvalue weighted by Crippen LogP contribution is 2.15. The van der Waals surface area contributed by atoms with Gasteiger partial charge >= 0.3 is 0 Å². The molecule has 1 atom stereocenters. The summed E-state index contributed by atoms with van der Waals surface area (Å²) in [6, 6.07) is 6.79. The van der Waals surface area contributed by atoms with Crippen molar-refractivity contribution in [2.24, 2.45) is 0 Å². The third kappa shape index (κ3) is 3.26. The van der Waals surface area contributed by atoms with Crippen LogP contribution in [-0.2, 0) is 0 Å². The van der Waals surface area contributed by atoms with E-state index < -0.39 is 0 Å². The zero-order chi connectivity index (χ0) is 12.0. The van der Waals surface area contributed by atoms with Crippen LogP contribution < -0.4 is 5.32 Å². The van der Waals surface area contributed by atoms with Crippen LogP contribution in [0.1, 0.15) is 43.5 Å². The Balaban J connectivity index is 2.68. The Kier molecular flexibility index (Phi) is 4.83. The van der Waals surface area contributed by atoms with E-state index in [0.29, 0.717) is 5.56 Å². The highest BCUT2D eigenvalue weighted by Gasteiger charge is 2.13. The van der Waals surface area contributed by atoms with Gasteiger partial charge in [-0.25, -0.2) is 0 Å². The van der Waals surface area contributed by atoms with Crippen LogP contribution in [0.5, 0.6) is 5.75 Å². The fourth-order valence-corrected chi connectivity index (χ4v) is 1.66. The van der Waals surface area contributed by atoms with E-state index in [2.05, 4.69) is 12.2 Å². The summed E-state index contributed by atoms with van der Waals surface area (Å²) in [4.78, 5) is 11.8. The minimum Gasteiger partial charge on any atom is -0.507 e. The molecule has 1 rings (SSSR count). The molecule has 16 heavy (non-hydrogen) atoms.